The third-order valence-electron chi connectivity index (χ3n) is 2.32. The molecular weight excluding hydrogens is 224 g/mol. The first-order chi connectivity index (χ1) is 7.77. The summed E-state index contributed by atoms with van der Waals surface area (Å²) in [5.74, 6) is 0.347. The van der Waals surface area contributed by atoms with Crippen molar-refractivity contribution in [2.75, 3.05) is 33.5 Å². The predicted molar refractivity (Wildman–Crippen MR) is 66.0 cm³/mol. The summed E-state index contributed by atoms with van der Waals surface area (Å²) < 4.78 is 10.3. The van der Waals surface area contributed by atoms with E-state index in [0.29, 0.717) is 32.3 Å². The zero-order valence-electron chi connectivity index (χ0n) is 9.94. The van der Waals surface area contributed by atoms with E-state index in [1.54, 1.807) is 18.4 Å². The molecule has 0 aromatic carbocycles. The van der Waals surface area contributed by atoms with Crippen molar-refractivity contribution in [3.8, 4) is 0 Å². The molecule has 0 fully saturated rings. The molecule has 0 bridgehead atoms. The Balaban J connectivity index is 2.24. The summed E-state index contributed by atoms with van der Waals surface area (Å²) in [5.41, 5.74) is 6.69. The molecule has 1 unspecified atom stereocenters. The molecule has 1 aromatic heterocycles. The van der Waals surface area contributed by atoms with Gasteiger partial charge in [-0.05, 0) is 0 Å². The van der Waals surface area contributed by atoms with Crippen LogP contribution in [0, 0.1) is 0 Å². The molecule has 0 saturated carbocycles. The van der Waals surface area contributed by atoms with Gasteiger partial charge in [0.25, 0.3) is 0 Å². The fourth-order valence-electron chi connectivity index (χ4n) is 1.19. The molecule has 1 aromatic rings. The van der Waals surface area contributed by atoms with E-state index in [2.05, 4.69) is 17.3 Å². The minimum Gasteiger partial charge on any atom is -0.382 e. The molecule has 0 saturated heterocycles. The van der Waals surface area contributed by atoms with Crippen LogP contribution < -0.4 is 5.73 Å². The molecule has 0 amide bonds. The van der Waals surface area contributed by atoms with Gasteiger partial charge in [0.05, 0.1) is 30.5 Å². The van der Waals surface area contributed by atoms with Gasteiger partial charge in [-0.1, -0.05) is 6.92 Å². The zero-order valence-corrected chi connectivity index (χ0v) is 10.8. The summed E-state index contributed by atoms with van der Waals surface area (Å²) in [6.45, 7) is 4.73. The third kappa shape index (κ3) is 4.57. The van der Waals surface area contributed by atoms with E-state index in [0.717, 1.165) is 17.1 Å². The molecule has 0 spiro atoms. The van der Waals surface area contributed by atoms with Gasteiger partial charge in [-0.15, -0.1) is 11.3 Å². The minimum absolute atomic E-state index is 0.347. The topological polar surface area (TPSA) is 57.4 Å². The molecule has 0 aliphatic rings. The molecule has 92 valence electrons. The highest BCUT2D eigenvalue weighted by Crippen LogP contribution is 2.17. The Morgan fingerprint density at radius 2 is 2.25 bits per heavy atom. The van der Waals surface area contributed by atoms with Crippen molar-refractivity contribution in [3.63, 3.8) is 0 Å². The van der Waals surface area contributed by atoms with E-state index < -0.39 is 0 Å². The molecule has 1 atom stereocenters. The molecule has 5 heteroatoms. The largest absolute Gasteiger partial charge is 0.382 e. The van der Waals surface area contributed by atoms with Crippen molar-refractivity contribution in [1.82, 2.24) is 4.98 Å². The summed E-state index contributed by atoms with van der Waals surface area (Å²) in [6, 6.07) is 0. The van der Waals surface area contributed by atoms with Gasteiger partial charge in [0.1, 0.15) is 0 Å². The Bertz CT molecular complexity index is 291. The van der Waals surface area contributed by atoms with Crippen LogP contribution in [0.5, 0.6) is 0 Å². The fraction of sp³-hybridized carbons (Fsp3) is 0.727. The number of hydrogen-bond donors (Lipinski definition) is 1. The van der Waals surface area contributed by atoms with Crippen molar-refractivity contribution >= 4 is 11.3 Å². The predicted octanol–water partition coefficient (Wildman–Crippen LogP) is 1.41. The van der Waals surface area contributed by atoms with Crippen LogP contribution in [0.2, 0.25) is 0 Å². The zero-order chi connectivity index (χ0) is 11.8. The SMILES string of the molecule is COCCOCCc1nc(C(C)CN)cs1. The Hall–Kier alpha value is -0.490. The third-order valence-corrected chi connectivity index (χ3v) is 3.25. The first-order valence-electron chi connectivity index (χ1n) is 5.49. The van der Waals surface area contributed by atoms with E-state index >= 15 is 0 Å². The van der Waals surface area contributed by atoms with Gasteiger partial charge in [-0.3, -0.25) is 0 Å². The molecule has 2 N–H and O–H groups in total. The highest BCUT2D eigenvalue weighted by Gasteiger charge is 2.07. The van der Waals surface area contributed by atoms with Crippen molar-refractivity contribution < 1.29 is 9.47 Å². The number of nitrogens with zero attached hydrogens (tertiary/aromatic N) is 1. The number of aromatic nitrogens is 1. The second-order valence-electron chi connectivity index (χ2n) is 3.66. The maximum Gasteiger partial charge on any atom is 0.0951 e. The number of ether oxygens (including phenoxy) is 2. The van der Waals surface area contributed by atoms with Gasteiger partial charge in [0, 0.05) is 31.4 Å². The Labute approximate surface area is 101 Å². The lowest BCUT2D eigenvalue weighted by Gasteiger charge is -2.03. The average molecular weight is 244 g/mol. The summed E-state index contributed by atoms with van der Waals surface area (Å²) in [7, 11) is 1.67. The number of nitrogens with two attached hydrogens (primary N) is 1. The van der Waals surface area contributed by atoms with Gasteiger partial charge in [-0.2, -0.15) is 0 Å². The van der Waals surface area contributed by atoms with Crippen molar-refractivity contribution in [3.05, 3.63) is 16.1 Å². The van der Waals surface area contributed by atoms with Crippen LogP contribution in [0.1, 0.15) is 23.5 Å². The molecule has 1 heterocycles. The molecular formula is C11H20N2O2S. The first-order valence-corrected chi connectivity index (χ1v) is 6.37. The maximum atomic E-state index is 5.59. The summed E-state index contributed by atoms with van der Waals surface area (Å²) in [5, 5.41) is 3.20. The van der Waals surface area contributed by atoms with E-state index in [-0.39, 0.29) is 0 Å². The molecule has 0 radical (unpaired) electrons. The second kappa shape index (κ2) is 7.73. The van der Waals surface area contributed by atoms with Crippen LogP contribution in [0.3, 0.4) is 0 Å². The van der Waals surface area contributed by atoms with Crippen LogP contribution in [-0.2, 0) is 15.9 Å². The van der Waals surface area contributed by atoms with Gasteiger partial charge in [0.15, 0.2) is 0 Å². The summed E-state index contributed by atoms with van der Waals surface area (Å²) in [4.78, 5) is 4.53. The Morgan fingerprint density at radius 3 is 2.94 bits per heavy atom. The monoisotopic (exact) mass is 244 g/mol. The number of thiazole rings is 1. The summed E-state index contributed by atoms with van der Waals surface area (Å²) >= 11 is 1.68. The molecule has 16 heavy (non-hydrogen) atoms. The lowest BCUT2D eigenvalue weighted by atomic mass is 10.1. The van der Waals surface area contributed by atoms with Crippen LogP contribution in [0.15, 0.2) is 5.38 Å². The summed E-state index contributed by atoms with van der Waals surface area (Å²) in [6.07, 6.45) is 0.867. The normalized spacial score (nSPS) is 12.9. The van der Waals surface area contributed by atoms with Crippen LogP contribution >= 0.6 is 11.3 Å². The van der Waals surface area contributed by atoms with Gasteiger partial charge in [0.2, 0.25) is 0 Å². The fourth-order valence-corrected chi connectivity index (χ4v) is 2.09. The van der Waals surface area contributed by atoms with Crippen LogP contribution in [0.4, 0.5) is 0 Å². The van der Waals surface area contributed by atoms with Gasteiger partial charge >= 0.3 is 0 Å². The number of methoxy groups -OCH3 is 1. The quantitative estimate of drug-likeness (QED) is 0.702. The van der Waals surface area contributed by atoms with E-state index in [4.69, 9.17) is 15.2 Å². The minimum atomic E-state index is 0.347. The maximum absolute atomic E-state index is 5.59. The average Bonchev–Trinajstić information content (AvgIpc) is 2.76. The Kier molecular flexibility index (Phi) is 6.56. The van der Waals surface area contributed by atoms with Crippen LogP contribution in [0.25, 0.3) is 0 Å². The first kappa shape index (κ1) is 13.6. The molecule has 4 nitrogen and oxygen atoms in total. The molecule has 0 aliphatic heterocycles. The van der Waals surface area contributed by atoms with Crippen molar-refractivity contribution in [2.45, 2.75) is 19.3 Å². The molecule has 0 aliphatic carbocycles. The van der Waals surface area contributed by atoms with E-state index in [1.807, 2.05) is 0 Å². The van der Waals surface area contributed by atoms with Gasteiger partial charge in [-0.25, -0.2) is 4.98 Å². The van der Waals surface area contributed by atoms with Gasteiger partial charge < -0.3 is 15.2 Å². The lowest BCUT2D eigenvalue weighted by molar-refractivity contribution is 0.0722. The lowest BCUT2D eigenvalue weighted by Crippen LogP contribution is -2.09. The van der Waals surface area contributed by atoms with Crippen molar-refractivity contribution in [1.29, 1.82) is 0 Å². The standard InChI is InChI=1S/C11H20N2O2S/c1-9(7-12)10-8-16-11(13-10)3-4-15-6-5-14-2/h8-9H,3-7,12H2,1-2H3. The number of rotatable bonds is 8. The molecule has 1 rings (SSSR count). The smallest absolute Gasteiger partial charge is 0.0951 e. The highest BCUT2D eigenvalue weighted by atomic mass is 32.1. The van der Waals surface area contributed by atoms with Crippen molar-refractivity contribution in [2.24, 2.45) is 5.73 Å². The Morgan fingerprint density at radius 1 is 1.44 bits per heavy atom. The van der Waals surface area contributed by atoms with E-state index in [9.17, 15) is 0 Å². The number of hydrogen-bond acceptors (Lipinski definition) is 5. The highest BCUT2D eigenvalue weighted by molar-refractivity contribution is 7.09. The van der Waals surface area contributed by atoms with E-state index in [1.165, 1.54) is 0 Å². The second-order valence-corrected chi connectivity index (χ2v) is 4.60. The van der Waals surface area contributed by atoms with Crippen LogP contribution in [-0.4, -0.2) is 38.5 Å².